The fraction of sp³-hybridized carbons (Fsp3) is 0.261. The number of likely N-dealkylation sites (N-methyl/N-ethyl adjacent to an activating group) is 1. The van der Waals surface area contributed by atoms with Crippen molar-refractivity contribution in [3.8, 4) is 0 Å². The molecule has 0 aliphatic carbocycles. The van der Waals surface area contributed by atoms with Gasteiger partial charge in [-0.25, -0.2) is 9.79 Å². The predicted molar refractivity (Wildman–Crippen MR) is 118 cm³/mol. The molecule has 0 radical (unpaired) electrons. The molecular formula is C23H24N2O3S. The Labute approximate surface area is 175 Å². The molecule has 0 spiro atoms. The van der Waals surface area contributed by atoms with E-state index in [2.05, 4.69) is 13.0 Å². The SMILES string of the molecule is CCOC(=O)c1ccc(/C=C2/SC(=Nc3ccccc3CC)N(CC)C2=O)cc1. The fourth-order valence-corrected chi connectivity index (χ4v) is 4.03. The van der Waals surface area contributed by atoms with E-state index in [1.165, 1.54) is 11.8 Å². The van der Waals surface area contributed by atoms with Crippen LogP contribution in [-0.4, -0.2) is 35.1 Å². The van der Waals surface area contributed by atoms with Crippen LogP contribution in [0.15, 0.2) is 58.4 Å². The van der Waals surface area contributed by atoms with Crippen molar-refractivity contribution in [1.29, 1.82) is 0 Å². The topological polar surface area (TPSA) is 59.0 Å². The van der Waals surface area contributed by atoms with Crippen molar-refractivity contribution < 1.29 is 14.3 Å². The number of rotatable bonds is 6. The van der Waals surface area contributed by atoms with Gasteiger partial charge >= 0.3 is 5.97 Å². The van der Waals surface area contributed by atoms with Gasteiger partial charge in [-0.1, -0.05) is 37.3 Å². The van der Waals surface area contributed by atoms with Crippen molar-refractivity contribution in [2.75, 3.05) is 13.2 Å². The van der Waals surface area contributed by atoms with Gasteiger partial charge in [0, 0.05) is 6.54 Å². The Morgan fingerprint density at radius 2 is 1.83 bits per heavy atom. The first-order valence-electron chi connectivity index (χ1n) is 9.72. The summed E-state index contributed by atoms with van der Waals surface area (Å²) in [6.45, 7) is 6.70. The maximum Gasteiger partial charge on any atom is 0.338 e. The van der Waals surface area contributed by atoms with E-state index in [4.69, 9.17) is 9.73 Å². The van der Waals surface area contributed by atoms with Crippen molar-refractivity contribution in [3.63, 3.8) is 0 Å². The summed E-state index contributed by atoms with van der Waals surface area (Å²) in [5.74, 6) is -0.404. The van der Waals surface area contributed by atoms with E-state index in [-0.39, 0.29) is 11.9 Å². The number of nitrogens with zero attached hydrogens (tertiary/aromatic N) is 2. The van der Waals surface area contributed by atoms with Crippen LogP contribution in [0.25, 0.3) is 6.08 Å². The number of thioether (sulfide) groups is 1. The zero-order valence-corrected chi connectivity index (χ0v) is 17.7. The van der Waals surface area contributed by atoms with E-state index in [0.29, 0.717) is 28.8 Å². The predicted octanol–water partition coefficient (Wildman–Crippen LogP) is 5.05. The summed E-state index contributed by atoms with van der Waals surface area (Å²) in [5.41, 5.74) is 3.38. The Kier molecular flexibility index (Phi) is 6.88. The van der Waals surface area contributed by atoms with Gasteiger partial charge in [0.05, 0.1) is 22.8 Å². The second kappa shape index (κ2) is 9.56. The minimum Gasteiger partial charge on any atom is -0.462 e. The highest BCUT2D eigenvalue weighted by atomic mass is 32.2. The molecule has 0 unspecified atom stereocenters. The molecule has 0 aromatic heterocycles. The van der Waals surface area contributed by atoms with Gasteiger partial charge in [0.2, 0.25) is 0 Å². The Morgan fingerprint density at radius 3 is 2.48 bits per heavy atom. The van der Waals surface area contributed by atoms with Gasteiger partial charge in [0.15, 0.2) is 5.17 Å². The van der Waals surface area contributed by atoms with E-state index in [1.54, 1.807) is 24.0 Å². The number of amides is 1. The average Bonchev–Trinajstić information content (AvgIpc) is 3.03. The van der Waals surface area contributed by atoms with Crippen LogP contribution in [0.1, 0.15) is 42.3 Å². The van der Waals surface area contributed by atoms with Gasteiger partial charge in [-0.15, -0.1) is 0 Å². The Morgan fingerprint density at radius 1 is 1.10 bits per heavy atom. The van der Waals surface area contributed by atoms with Gasteiger partial charge in [-0.2, -0.15) is 0 Å². The van der Waals surface area contributed by atoms with Crippen molar-refractivity contribution in [1.82, 2.24) is 4.90 Å². The highest BCUT2D eigenvalue weighted by molar-refractivity contribution is 8.18. The monoisotopic (exact) mass is 408 g/mol. The molecule has 150 valence electrons. The van der Waals surface area contributed by atoms with Crippen LogP contribution in [-0.2, 0) is 16.0 Å². The van der Waals surface area contributed by atoms with E-state index in [0.717, 1.165) is 23.2 Å². The third kappa shape index (κ3) is 4.77. The molecule has 1 amide bonds. The summed E-state index contributed by atoms with van der Waals surface area (Å²) in [4.78, 5) is 31.7. The lowest BCUT2D eigenvalue weighted by molar-refractivity contribution is -0.122. The molecule has 29 heavy (non-hydrogen) atoms. The standard InChI is InChI=1S/C23H24N2O3S/c1-4-17-9-7-8-10-19(17)24-23-25(5-2)21(26)20(29-23)15-16-11-13-18(14-12-16)22(27)28-6-3/h7-15H,4-6H2,1-3H3/b20-15+,24-23?. The van der Waals surface area contributed by atoms with Crippen molar-refractivity contribution in [3.05, 3.63) is 70.1 Å². The summed E-state index contributed by atoms with van der Waals surface area (Å²) >= 11 is 1.37. The summed E-state index contributed by atoms with van der Waals surface area (Å²) in [7, 11) is 0. The number of benzene rings is 2. The maximum atomic E-state index is 12.8. The smallest absolute Gasteiger partial charge is 0.338 e. The van der Waals surface area contributed by atoms with Crippen LogP contribution >= 0.6 is 11.8 Å². The molecule has 1 aliphatic heterocycles. The number of aliphatic imine (C=N–C) groups is 1. The third-order valence-electron chi connectivity index (χ3n) is 4.51. The molecule has 3 rings (SSSR count). The van der Waals surface area contributed by atoms with Crippen molar-refractivity contribution >= 4 is 40.6 Å². The van der Waals surface area contributed by atoms with Crippen LogP contribution in [0.5, 0.6) is 0 Å². The first-order chi connectivity index (χ1) is 14.1. The Hall–Kier alpha value is -2.86. The number of hydrogen-bond donors (Lipinski definition) is 0. The molecule has 0 atom stereocenters. The molecule has 1 aliphatic rings. The molecule has 0 saturated carbocycles. The van der Waals surface area contributed by atoms with Crippen molar-refractivity contribution in [2.45, 2.75) is 27.2 Å². The minimum absolute atomic E-state index is 0.0558. The first kappa shape index (κ1) is 20.9. The number of para-hydroxylation sites is 1. The fourth-order valence-electron chi connectivity index (χ4n) is 2.97. The summed E-state index contributed by atoms with van der Waals surface area (Å²) in [5, 5.41) is 0.688. The van der Waals surface area contributed by atoms with Gasteiger partial charge in [0.1, 0.15) is 0 Å². The average molecular weight is 409 g/mol. The quantitative estimate of drug-likeness (QED) is 0.496. The zero-order valence-electron chi connectivity index (χ0n) is 16.8. The third-order valence-corrected chi connectivity index (χ3v) is 5.52. The van der Waals surface area contributed by atoms with Gasteiger partial charge in [0.25, 0.3) is 5.91 Å². The van der Waals surface area contributed by atoms with E-state index in [1.807, 2.05) is 43.3 Å². The first-order valence-corrected chi connectivity index (χ1v) is 10.5. The second-order valence-electron chi connectivity index (χ2n) is 6.38. The molecular weight excluding hydrogens is 384 g/mol. The number of aryl methyl sites for hydroxylation is 1. The number of carbonyl (C=O) groups excluding carboxylic acids is 2. The van der Waals surface area contributed by atoms with Crippen molar-refractivity contribution in [2.24, 2.45) is 4.99 Å². The summed E-state index contributed by atoms with van der Waals surface area (Å²) < 4.78 is 5.00. The summed E-state index contributed by atoms with van der Waals surface area (Å²) in [6, 6.07) is 15.0. The van der Waals surface area contributed by atoms with Crippen LogP contribution in [0.3, 0.4) is 0 Å². The molecule has 1 saturated heterocycles. The molecule has 0 bridgehead atoms. The van der Waals surface area contributed by atoms with Gasteiger partial charge < -0.3 is 4.74 Å². The van der Waals surface area contributed by atoms with Crippen LogP contribution in [0.4, 0.5) is 5.69 Å². The number of esters is 1. The lowest BCUT2D eigenvalue weighted by Gasteiger charge is -2.12. The highest BCUT2D eigenvalue weighted by Crippen LogP contribution is 2.34. The van der Waals surface area contributed by atoms with Crippen LogP contribution in [0.2, 0.25) is 0 Å². The molecule has 2 aromatic carbocycles. The van der Waals surface area contributed by atoms with E-state index >= 15 is 0 Å². The Balaban J connectivity index is 1.87. The number of carbonyl (C=O) groups is 2. The Bertz CT molecular complexity index is 964. The van der Waals surface area contributed by atoms with Crippen LogP contribution in [0, 0.1) is 0 Å². The normalized spacial score (nSPS) is 16.7. The number of amidine groups is 1. The van der Waals surface area contributed by atoms with E-state index < -0.39 is 0 Å². The molecule has 1 heterocycles. The van der Waals surface area contributed by atoms with Gasteiger partial charge in [-0.3, -0.25) is 9.69 Å². The number of hydrogen-bond acceptors (Lipinski definition) is 5. The number of ether oxygens (including phenoxy) is 1. The zero-order chi connectivity index (χ0) is 20.8. The molecule has 0 N–H and O–H groups in total. The molecule has 1 fully saturated rings. The van der Waals surface area contributed by atoms with Crippen LogP contribution < -0.4 is 0 Å². The minimum atomic E-state index is -0.348. The largest absolute Gasteiger partial charge is 0.462 e. The summed E-state index contributed by atoms with van der Waals surface area (Å²) in [6.07, 6.45) is 2.71. The van der Waals surface area contributed by atoms with Gasteiger partial charge in [-0.05, 0) is 67.4 Å². The van der Waals surface area contributed by atoms with E-state index in [9.17, 15) is 9.59 Å². The second-order valence-corrected chi connectivity index (χ2v) is 7.39. The molecule has 5 nitrogen and oxygen atoms in total. The molecule has 6 heteroatoms. The highest BCUT2D eigenvalue weighted by Gasteiger charge is 2.32. The molecule has 2 aromatic rings. The lowest BCUT2D eigenvalue weighted by atomic mass is 10.1. The maximum absolute atomic E-state index is 12.8. The lowest BCUT2D eigenvalue weighted by Crippen LogP contribution is -2.28.